The molecule has 5 heteroatoms. The molecule has 0 spiro atoms. The van der Waals surface area contributed by atoms with Crippen molar-refractivity contribution < 1.29 is 28.1 Å². The van der Waals surface area contributed by atoms with Crippen LogP contribution in [0.15, 0.2) is 42.5 Å². The van der Waals surface area contributed by atoms with Crippen molar-refractivity contribution in [3.8, 4) is 0 Å². The molecule has 0 unspecified atom stereocenters. The van der Waals surface area contributed by atoms with Crippen molar-refractivity contribution in [3.63, 3.8) is 0 Å². The Hall–Kier alpha value is -1.36. The van der Waals surface area contributed by atoms with Gasteiger partial charge in [0.1, 0.15) is 5.60 Å². The first-order valence-electron chi connectivity index (χ1n) is 9.92. The third-order valence-electron chi connectivity index (χ3n) is 4.95. The normalized spacial score (nSPS) is 16.8. The van der Waals surface area contributed by atoms with Crippen LogP contribution in [0, 0.1) is 0 Å². The molecule has 1 aromatic rings. The minimum absolute atomic E-state index is 0. The molecule has 1 aromatic carbocycles. The van der Waals surface area contributed by atoms with Gasteiger partial charge < -0.3 is 21.9 Å². The largest absolute Gasteiger partial charge is 1.00 e. The molecule has 27 heavy (non-hydrogen) atoms. The first kappa shape index (κ1) is 23.7. The molecule has 0 saturated carbocycles. The number of benzene rings is 1. The van der Waals surface area contributed by atoms with Gasteiger partial charge in [-0.3, -0.25) is 9.69 Å². The molecule has 0 N–H and O–H groups in total. The number of hydrogen-bond acceptors (Lipinski definition) is 4. The van der Waals surface area contributed by atoms with Crippen molar-refractivity contribution in [3.05, 3.63) is 48.0 Å². The van der Waals surface area contributed by atoms with Crippen molar-refractivity contribution in [2.75, 3.05) is 32.8 Å². The van der Waals surface area contributed by atoms with Crippen LogP contribution in [0.3, 0.4) is 0 Å². The Labute approximate surface area is 171 Å². The zero-order valence-electron chi connectivity index (χ0n) is 17.7. The molecule has 0 bridgehead atoms. The number of piperidine rings is 1. The van der Waals surface area contributed by atoms with Gasteiger partial charge in [0.25, 0.3) is 0 Å². The van der Waals surface area contributed by atoms with Gasteiger partial charge in [0.05, 0.1) is 6.61 Å². The molecule has 152 valence electrons. The van der Waals surface area contributed by atoms with E-state index in [4.69, 9.17) is 9.47 Å². The highest BCUT2D eigenvalue weighted by Gasteiger charge is 2.39. The van der Waals surface area contributed by atoms with E-state index in [0.29, 0.717) is 13.0 Å². The summed E-state index contributed by atoms with van der Waals surface area (Å²) in [5, 5.41) is 0. The second kappa shape index (κ2) is 12.9. The number of carbonyl (C=O) groups excluding carboxylic acids is 1. The van der Waals surface area contributed by atoms with Crippen molar-refractivity contribution >= 4 is 5.97 Å². The Morgan fingerprint density at radius 1 is 1.19 bits per heavy atom. The van der Waals surface area contributed by atoms with Gasteiger partial charge in [-0.15, -0.1) is 0 Å². The van der Waals surface area contributed by atoms with Crippen molar-refractivity contribution in [1.82, 2.24) is 4.90 Å². The molecule has 4 nitrogen and oxygen atoms in total. The van der Waals surface area contributed by atoms with Crippen LogP contribution >= 0.6 is 0 Å². The average molecular weight is 396 g/mol. The number of esters is 1. The maximum absolute atomic E-state index is 12.0. The number of carbonyl (C=O) groups is 1. The Morgan fingerprint density at radius 2 is 1.89 bits per heavy atom. The second-order valence-electron chi connectivity index (χ2n) is 6.89. The van der Waals surface area contributed by atoms with Gasteiger partial charge >= 0.3 is 7.40 Å². The number of ether oxygens (including phenoxy) is 2. The molecule has 2 rings (SSSR count). The van der Waals surface area contributed by atoms with E-state index in [1.807, 2.05) is 25.1 Å². The highest BCUT2D eigenvalue weighted by atomic mass is 35.5. The number of likely N-dealkylation sites (tertiary alicyclic amines) is 1. The summed E-state index contributed by atoms with van der Waals surface area (Å²) in [7, 11) is 0. The van der Waals surface area contributed by atoms with Gasteiger partial charge in [-0.2, -0.15) is 0 Å². The van der Waals surface area contributed by atoms with Crippen LogP contribution in [0.5, 0.6) is 0 Å². The van der Waals surface area contributed by atoms with Gasteiger partial charge in [-0.1, -0.05) is 62.8 Å². The molecule has 0 amide bonds. The zero-order valence-corrected chi connectivity index (χ0v) is 17.4. The minimum Gasteiger partial charge on any atom is -1.00 e. The molecule has 0 atom stereocenters. The highest BCUT2D eigenvalue weighted by Crippen LogP contribution is 2.37. The summed E-state index contributed by atoms with van der Waals surface area (Å²) >= 11 is 0. The number of unbranched alkanes of at least 4 members (excludes halogenated alkanes) is 1. The Bertz CT molecular complexity index is 560. The minimum atomic E-state index is -0.474. The topological polar surface area (TPSA) is 38.8 Å². The fourth-order valence-corrected chi connectivity index (χ4v) is 3.27. The summed E-state index contributed by atoms with van der Waals surface area (Å²) in [6.07, 6.45) is 8.67. The first-order chi connectivity index (χ1) is 12.7. The number of rotatable bonds is 10. The molecule has 1 fully saturated rings. The van der Waals surface area contributed by atoms with Gasteiger partial charge in [-0.25, -0.2) is 0 Å². The second-order valence-corrected chi connectivity index (χ2v) is 6.89. The summed E-state index contributed by atoms with van der Waals surface area (Å²) in [5.74, 6) is -0.119. The van der Waals surface area contributed by atoms with E-state index >= 15 is 0 Å². The number of halogens is 1. The van der Waals surface area contributed by atoms with E-state index in [1.54, 1.807) is 0 Å². The smallest absolute Gasteiger partial charge is 1.00 e. The third-order valence-corrected chi connectivity index (χ3v) is 4.95. The van der Waals surface area contributed by atoms with Crippen LogP contribution in [0.25, 0.3) is 0 Å². The summed E-state index contributed by atoms with van der Waals surface area (Å²) in [6.45, 7) is 8.32. The highest BCUT2D eigenvalue weighted by molar-refractivity contribution is 5.69. The third kappa shape index (κ3) is 7.65. The molecule has 0 radical (unpaired) electrons. The predicted molar refractivity (Wildman–Crippen MR) is 106 cm³/mol. The molecule has 0 aromatic heterocycles. The predicted octanol–water partition coefficient (Wildman–Crippen LogP) is 1.42. The SMILES string of the molecule is CCCCOC/C=C/CN1CCC(OC(=O)CC)(c2ccccc2)CC1.[Cl-].[H+]. The number of nitrogens with zero attached hydrogens (tertiary/aromatic N) is 1. The zero-order chi connectivity index (χ0) is 18.7. The lowest BCUT2D eigenvalue weighted by Gasteiger charge is -2.41. The quantitative estimate of drug-likeness (QED) is 0.341. The fraction of sp³-hybridized carbons (Fsp3) is 0.591. The van der Waals surface area contributed by atoms with Gasteiger partial charge in [-0.05, 0) is 12.0 Å². The Balaban J connectivity index is 0.00000364. The molecule has 1 saturated heterocycles. The van der Waals surface area contributed by atoms with E-state index in [-0.39, 0.29) is 19.8 Å². The van der Waals surface area contributed by atoms with Crippen molar-refractivity contribution in [2.24, 2.45) is 0 Å². The molecule has 1 aliphatic heterocycles. The maximum atomic E-state index is 12.0. The standard InChI is InChI=1S/C22H33NO3.ClH/c1-3-5-18-25-19-10-9-15-23-16-13-22(14-17-23,26-21(24)4-2)20-11-7-6-8-12-20;/h6-12H,3-5,13-19H2,1-2H3;1H/b10-9+;. The number of hydrogen-bond donors (Lipinski definition) is 0. The monoisotopic (exact) mass is 395 g/mol. The van der Waals surface area contributed by atoms with E-state index < -0.39 is 5.60 Å². The van der Waals surface area contributed by atoms with Crippen LogP contribution in [-0.2, 0) is 19.9 Å². The molecule has 0 aliphatic carbocycles. The van der Waals surface area contributed by atoms with Crippen LogP contribution in [0.4, 0.5) is 0 Å². The first-order valence-corrected chi connectivity index (χ1v) is 9.92. The van der Waals surface area contributed by atoms with Gasteiger partial charge in [0.15, 0.2) is 0 Å². The lowest BCUT2D eigenvalue weighted by atomic mass is 9.84. The van der Waals surface area contributed by atoms with Crippen LogP contribution in [0.2, 0.25) is 0 Å². The molecule has 1 heterocycles. The summed E-state index contributed by atoms with van der Waals surface area (Å²) in [5.41, 5.74) is 0.638. The Kier molecular flexibility index (Phi) is 11.3. The molecular formula is C22H34ClNO3. The maximum Gasteiger partial charge on any atom is 1.00 e. The summed E-state index contributed by atoms with van der Waals surface area (Å²) in [4.78, 5) is 14.4. The fourth-order valence-electron chi connectivity index (χ4n) is 3.27. The molecule has 1 aliphatic rings. The van der Waals surface area contributed by atoms with E-state index in [9.17, 15) is 4.79 Å². The van der Waals surface area contributed by atoms with Gasteiger partial charge in [0.2, 0.25) is 0 Å². The Morgan fingerprint density at radius 3 is 2.52 bits per heavy atom. The van der Waals surface area contributed by atoms with E-state index in [2.05, 4.69) is 36.1 Å². The van der Waals surface area contributed by atoms with Crippen LogP contribution in [-0.4, -0.2) is 43.7 Å². The van der Waals surface area contributed by atoms with E-state index in [0.717, 1.165) is 51.1 Å². The van der Waals surface area contributed by atoms with Crippen LogP contribution < -0.4 is 12.4 Å². The summed E-state index contributed by atoms with van der Waals surface area (Å²) < 4.78 is 11.5. The van der Waals surface area contributed by atoms with E-state index in [1.165, 1.54) is 6.42 Å². The van der Waals surface area contributed by atoms with Crippen molar-refractivity contribution in [1.29, 1.82) is 0 Å². The average Bonchev–Trinajstić information content (AvgIpc) is 2.69. The van der Waals surface area contributed by atoms with Gasteiger partial charge in [0, 0.05) is 45.5 Å². The lowest BCUT2D eigenvalue weighted by molar-refractivity contribution is -0.166. The molecular weight excluding hydrogens is 362 g/mol. The summed E-state index contributed by atoms with van der Waals surface area (Å²) in [6, 6.07) is 10.2. The van der Waals surface area contributed by atoms with Crippen LogP contribution in [0.1, 0.15) is 52.9 Å². The van der Waals surface area contributed by atoms with Crippen molar-refractivity contribution in [2.45, 2.75) is 51.6 Å². The lowest BCUT2D eigenvalue weighted by Crippen LogP contribution is -3.00.